The zero-order chi connectivity index (χ0) is 20.1. The Kier molecular flexibility index (Phi) is 6.88. The van der Waals surface area contributed by atoms with Crippen LogP contribution in [0.4, 0.5) is 11.5 Å². The summed E-state index contributed by atoms with van der Waals surface area (Å²) in [5, 5.41) is 3.23. The van der Waals surface area contributed by atoms with E-state index in [1.54, 1.807) is 12.1 Å². The molecule has 28 heavy (non-hydrogen) atoms. The van der Waals surface area contributed by atoms with Crippen LogP contribution in [0.25, 0.3) is 0 Å². The Balaban J connectivity index is 1.56. The van der Waals surface area contributed by atoms with Gasteiger partial charge >= 0.3 is 0 Å². The van der Waals surface area contributed by atoms with E-state index in [9.17, 15) is 4.79 Å². The number of hydrogen-bond donors (Lipinski definition) is 1. The topological polar surface area (TPSA) is 51.7 Å². The van der Waals surface area contributed by atoms with E-state index >= 15 is 0 Å². The quantitative estimate of drug-likeness (QED) is 0.754. The van der Waals surface area contributed by atoms with Crippen LogP contribution in [0.2, 0.25) is 5.15 Å². The zero-order valence-corrected chi connectivity index (χ0v) is 17.5. The summed E-state index contributed by atoms with van der Waals surface area (Å²) in [4.78, 5) is 23.4. The van der Waals surface area contributed by atoms with Crippen molar-refractivity contribution in [2.75, 3.05) is 64.1 Å². The van der Waals surface area contributed by atoms with Gasteiger partial charge in [-0.1, -0.05) is 23.7 Å². The Morgan fingerprint density at radius 1 is 1.14 bits per heavy atom. The van der Waals surface area contributed by atoms with Crippen molar-refractivity contribution in [1.29, 1.82) is 0 Å². The van der Waals surface area contributed by atoms with Gasteiger partial charge in [-0.15, -0.1) is 0 Å². The number of rotatable bonds is 6. The van der Waals surface area contributed by atoms with Crippen LogP contribution in [0.15, 0.2) is 36.4 Å². The van der Waals surface area contributed by atoms with Crippen molar-refractivity contribution in [3.05, 3.63) is 52.7 Å². The van der Waals surface area contributed by atoms with E-state index in [0.717, 1.165) is 44.8 Å². The molecule has 1 aliphatic heterocycles. The molecule has 1 aromatic carbocycles. The zero-order valence-electron chi connectivity index (χ0n) is 16.8. The second kappa shape index (κ2) is 9.37. The number of carbonyl (C=O) groups excluding carboxylic acids is 1. The van der Waals surface area contributed by atoms with Crippen molar-refractivity contribution in [2.24, 2.45) is 0 Å². The summed E-state index contributed by atoms with van der Waals surface area (Å²) >= 11 is 6.04. The molecule has 1 N–H and O–H groups in total. The van der Waals surface area contributed by atoms with E-state index in [1.165, 1.54) is 5.56 Å². The highest BCUT2D eigenvalue weighted by Crippen LogP contribution is 2.18. The van der Waals surface area contributed by atoms with Crippen LogP contribution in [0.5, 0.6) is 0 Å². The van der Waals surface area contributed by atoms with E-state index in [-0.39, 0.29) is 5.91 Å². The van der Waals surface area contributed by atoms with Crippen LogP contribution < -0.4 is 10.2 Å². The van der Waals surface area contributed by atoms with Gasteiger partial charge in [-0.05, 0) is 43.3 Å². The molecule has 1 amide bonds. The lowest BCUT2D eigenvalue weighted by Crippen LogP contribution is -2.45. The van der Waals surface area contributed by atoms with Crippen molar-refractivity contribution in [3.63, 3.8) is 0 Å². The lowest BCUT2D eigenvalue weighted by molar-refractivity contribution is 0.102. The number of likely N-dealkylation sites (N-methyl/N-ethyl adjacent to an activating group) is 1. The number of amides is 1. The minimum Gasteiger partial charge on any atom is -0.363 e. The van der Waals surface area contributed by atoms with Gasteiger partial charge in [-0.25, -0.2) is 4.98 Å². The molecule has 1 aromatic heterocycles. The number of halogens is 1. The minimum atomic E-state index is -0.197. The molecular weight excluding hydrogens is 374 g/mol. The summed E-state index contributed by atoms with van der Waals surface area (Å²) in [6.07, 6.45) is 1.02. The molecule has 1 fully saturated rings. The first-order valence-corrected chi connectivity index (χ1v) is 9.94. The van der Waals surface area contributed by atoms with Crippen LogP contribution in [-0.2, 0) is 6.42 Å². The summed E-state index contributed by atoms with van der Waals surface area (Å²) in [6, 6.07) is 11.4. The van der Waals surface area contributed by atoms with Gasteiger partial charge in [0, 0.05) is 58.1 Å². The minimum absolute atomic E-state index is 0.197. The van der Waals surface area contributed by atoms with Crippen LogP contribution in [0, 0.1) is 0 Å². The van der Waals surface area contributed by atoms with Crippen LogP contribution in [0.3, 0.4) is 0 Å². The molecule has 2 aromatic rings. The highest BCUT2D eigenvalue weighted by molar-refractivity contribution is 6.30. The average Bonchev–Trinajstić information content (AvgIpc) is 2.68. The normalized spacial score (nSPS) is 15.4. The fourth-order valence-electron chi connectivity index (χ4n) is 3.16. The number of aromatic nitrogens is 1. The average molecular weight is 402 g/mol. The smallest absolute Gasteiger partial charge is 0.255 e. The van der Waals surface area contributed by atoms with Gasteiger partial charge < -0.3 is 20.0 Å². The number of nitrogens with one attached hydrogen (secondary N) is 1. The van der Waals surface area contributed by atoms with Crippen molar-refractivity contribution in [3.8, 4) is 0 Å². The number of hydrogen-bond acceptors (Lipinski definition) is 5. The van der Waals surface area contributed by atoms with Crippen LogP contribution in [-0.4, -0.2) is 74.6 Å². The molecule has 6 nitrogen and oxygen atoms in total. The van der Waals surface area contributed by atoms with Gasteiger partial charge in [0.05, 0.1) is 0 Å². The first kappa shape index (κ1) is 20.6. The molecule has 0 radical (unpaired) electrons. The maximum atomic E-state index is 12.6. The summed E-state index contributed by atoms with van der Waals surface area (Å²) in [7, 11) is 5.90. The predicted molar refractivity (Wildman–Crippen MR) is 116 cm³/mol. The van der Waals surface area contributed by atoms with Gasteiger partial charge in [0.1, 0.15) is 11.0 Å². The monoisotopic (exact) mass is 401 g/mol. The largest absolute Gasteiger partial charge is 0.363 e. The highest BCUT2D eigenvalue weighted by atomic mass is 35.5. The molecule has 1 saturated heterocycles. The summed E-state index contributed by atoms with van der Waals surface area (Å²) < 4.78 is 0. The van der Waals surface area contributed by atoms with Gasteiger partial charge in [0.25, 0.3) is 5.91 Å². The number of piperazine rings is 1. The lowest BCUT2D eigenvalue weighted by Gasteiger charge is -2.32. The molecule has 0 bridgehead atoms. The molecule has 0 unspecified atom stereocenters. The Morgan fingerprint density at radius 2 is 1.82 bits per heavy atom. The summed E-state index contributed by atoms with van der Waals surface area (Å²) in [5.74, 6) is 0.453. The Morgan fingerprint density at radius 3 is 2.46 bits per heavy atom. The van der Waals surface area contributed by atoms with Crippen LogP contribution >= 0.6 is 11.6 Å². The highest BCUT2D eigenvalue weighted by Gasteiger charge is 2.14. The van der Waals surface area contributed by atoms with E-state index in [2.05, 4.69) is 39.3 Å². The molecule has 3 rings (SSSR count). The number of anilines is 2. The third-order valence-corrected chi connectivity index (χ3v) is 5.22. The lowest BCUT2D eigenvalue weighted by atomic mass is 10.1. The van der Waals surface area contributed by atoms with Gasteiger partial charge in [0.15, 0.2) is 0 Å². The first-order valence-electron chi connectivity index (χ1n) is 9.57. The maximum absolute atomic E-state index is 12.6. The third-order valence-electron chi connectivity index (χ3n) is 5.03. The van der Waals surface area contributed by atoms with Crippen molar-refractivity contribution in [1.82, 2.24) is 14.8 Å². The predicted octanol–water partition coefficient (Wildman–Crippen LogP) is 2.84. The SMILES string of the molecule is CN1CCN(CCc2ccc(NC(=O)c3cc(Cl)nc(N(C)C)c3)cc2)CC1. The van der Waals surface area contributed by atoms with Gasteiger partial charge in [-0.2, -0.15) is 0 Å². The standard InChI is InChI=1S/C21H28ClN5O/c1-25(2)20-15-17(14-19(22)24-20)21(28)23-18-6-4-16(5-7-18)8-9-27-12-10-26(3)11-13-27/h4-7,14-15H,8-13H2,1-3H3,(H,23,28). The van der Waals surface area contributed by atoms with E-state index < -0.39 is 0 Å². The molecular formula is C21H28ClN5O. The third kappa shape index (κ3) is 5.67. The fraction of sp³-hybridized carbons (Fsp3) is 0.429. The van der Waals surface area contributed by atoms with E-state index in [0.29, 0.717) is 16.5 Å². The summed E-state index contributed by atoms with van der Waals surface area (Å²) in [5.41, 5.74) is 2.54. The number of carbonyl (C=O) groups is 1. The molecule has 2 heterocycles. The molecule has 150 valence electrons. The molecule has 0 aliphatic carbocycles. The van der Waals surface area contributed by atoms with Crippen molar-refractivity contribution < 1.29 is 4.79 Å². The van der Waals surface area contributed by atoms with Gasteiger partial charge in [0.2, 0.25) is 0 Å². The number of benzene rings is 1. The van der Waals surface area contributed by atoms with Crippen molar-refractivity contribution >= 4 is 29.0 Å². The fourth-order valence-corrected chi connectivity index (χ4v) is 3.36. The Bertz CT molecular complexity index is 801. The number of pyridine rings is 1. The Labute approximate surface area is 172 Å². The second-order valence-corrected chi connectivity index (χ2v) is 7.86. The molecule has 1 aliphatic rings. The molecule has 0 saturated carbocycles. The van der Waals surface area contributed by atoms with Crippen LogP contribution in [0.1, 0.15) is 15.9 Å². The van der Waals surface area contributed by atoms with Crippen molar-refractivity contribution in [2.45, 2.75) is 6.42 Å². The second-order valence-electron chi connectivity index (χ2n) is 7.48. The molecule has 0 spiro atoms. The Hall–Kier alpha value is -2.15. The first-order chi connectivity index (χ1) is 13.4. The molecule has 0 atom stereocenters. The number of nitrogens with zero attached hydrogens (tertiary/aromatic N) is 4. The molecule has 7 heteroatoms. The van der Waals surface area contributed by atoms with Gasteiger partial charge in [-0.3, -0.25) is 4.79 Å². The van der Waals surface area contributed by atoms with E-state index in [1.807, 2.05) is 31.1 Å². The van der Waals surface area contributed by atoms with E-state index in [4.69, 9.17) is 11.6 Å². The summed E-state index contributed by atoms with van der Waals surface area (Å²) in [6.45, 7) is 5.61. The maximum Gasteiger partial charge on any atom is 0.255 e.